The fourth-order valence-electron chi connectivity index (χ4n) is 0.421. The molecule has 0 saturated heterocycles. The van der Waals surface area contributed by atoms with Crippen LogP contribution in [0.5, 0.6) is 0 Å². The van der Waals surface area contributed by atoms with Crippen molar-refractivity contribution in [3.63, 3.8) is 0 Å². The Hall–Kier alpha value is -0.340. The molecule has 0 aliphatic rings. The van der Waals surface area contributed by atoms with Crippen molar-refractivity contribution in [2.45, 2.75) is 19.8 Å². The molecule has 0 saturated carbocycles. The molecule has 0 atom stereocenters. The molecule has 0 aromatic heterocycles. The van der Waals surface area contributed by atoms with Gasteiger partial charge in [0.2, 0.25) is 0 Å². The zero-order valence-electron chi connectivity index (χ0n) is 5.26. The summed E-state index contributed by atoms with van der Waals surface area (Å²) in [7, 11) is 0. The molecule has 2 N–H and O–H groups in total. The van der Waals surface area contributed by atoms with Gasteiger partial charge in [-0.3, -0.25) is 0 Å². The summed E-state index contributed by atoms with van der Waals surface area (Å²) in [4.78, 5) is 4.34. The molecule has 0 rings (SSSR count). The van der Waals surface area contributed by atoms with Crippen LogP contribution in [0, 0.1) is 0 Å². The van der Waals surface area contributed by atoms with Gasteiger partial charge in [0, 0.05) is 0 Å². The Labute approximate surface area is 50.3 Å². The summed E-state index contributed by atoms with van der Waals surface area (Å²) in [5.41, 5.74) is 0. The van der Waals surface area contributed by atoms with Crippen LogP contribution in [0.25, 0.3) is 0 Å². The molecule has 0 heterocycles. The van der Waals surface area contributed by atoms with Gasteiger partial charge < -0.3 is 4.84 Å². The minimum Gasteiger partial charge on any atom is -0.304 e. The first kappa shape index (κ1) is 7.66. The summed E-state index contributed by atoms with van der Waals surface area (Å²) < 4.78 is 0. The highest BCUT2D eigenvalue weighted by Crippen LogP contribution is 1.84. The van der Waals surface area contributed by atoms with Gasteiger partial charge >= 0.3 is 0 Å². The maximum atomic E-state index is 4.78. The van der Waals surface area contributed by atoms with E-state index in [0.717, 1.165) is 12.8 Å². The number of nitrogens with two attached hydrogens (primary N) is 1. The first-order valence-electron chi connectivity index (χ1n) is 2.88. The van der Waals surface area contributed by atoms with E-state index < -0.39 is 0 Å². The first-order valence-corrected chi connectivity index (χ1v) is 2.88. The normalized spacial score (nSPS) is 10.8. The molecule has 8 heavy (non-hydrogen) atoms. The molecule has 0 fully saturated rings. The Balaban J connectivity index is 2.80. The average molecular weight is 115 g/mol. The minimum atomic E-state index is 0.622. The summed E-state index contributed by atoms with van der Waals surface area (Å²) in [5, 5.41) is 0. The van der Waals surface area contributed by atoms with Gasteiger partial charge in [0.1, 0.15) is 0 Å². The lowest BCUT2D eigenvalue weighted by Gasteiger charge is -1.87. The average Bonchev–Trinajstić information content (AvgIpc) is 1.81. The molecule has 0 bridgehead atoms. The second kappa shape index (κ2) is 6.66. The Bertz CT molecular complexity index is 61.5. The molecule has 0 radical (unpaired) electrons. The van der Waals surface area contributed by atoms with Crippen LogP contribution in [-0.4, -0.2) is 6.61 Å². The zero-order valence-corrected chi connectivity index (χ0v) is 5.26. The number of hydrogen-bond donors (Lipinski definition) is 1. The topological polar surface area (TPSA) is 35.2 Å². The lowest BCUT2D eigenvalue weighted by atomic mass is 10.3. The molecule has 0 spiro atoms. The third-order valence-corrected chi connectivity index (χ3v) is 0.805. The molecule has 2 heteroatoms. The van der Waals surface area contributed by atoms with E-state index in [0.29, 0.717) is 6.61 Å². The molecule has 2 nitrogen and oxygen atoms in total. The second-order valence-electron chi connectivity index (χ2n) is 1.54. The van der Waals surface area contributed by atoms with E-state index in [2.05, 4.69) is 23.9 Å². The van der Waals surface area contributed by atoms with Crippen molar-refractivity contribution in [3.8, 4) is 0 Å². The van der Waals surface area contributed by atoms with Crippen molar-refractivity contribution in [2.24, 2.45) is 5.90 Å². The predicted molar refractivity (Wildman–Crippen MR) is 34.2 cm³/mol. The molecular formula is C6H13NO. The van der Waals surface area contributed by atoms with Crippen LogP contribution >= 0.6 is 0 Å². The molecule has 0 aliphatic carbocycles. The van der Waals surface area contributed by atoms with Crippen molar-refractivity contribution in [1.82, 2.24) is 0 Å². The van der Waals surface area contributed by atoms with E-state index in [9.17, 15) is 0 Å². The Kier molecular flexibility index (Phi) is 6.38. The van der Waals surface area contributed by atoms with Crippen molar-refractivity contribution in [1.29, 1.82) is 0 Å². The highest BCUT2D eigenvalue weighted by Gasteiger charge is 1.74. The van der Waals surface area contributed by atoms with Crippen molar-refractivity contribution in [2.75, 3.05) is 6.61 Å². The summed E-state index contributed by atoms with van der Waals surface area (Å²) in [6.07, 6.45) is 6.17. The quantitative estimate of drug-likeness (QED) is 0.340. The second-order valence-corrected chi connectivity index (χ2v) is 1.54. The van der Waals surface area contributed by atoms with E-state index in [1.165, 1.54) is 0 Å². The van der Waals surface area contributed by atoms with Gasteiger partial charge in [-0.2, -0.15) is 0 Å². The van der Waals surface area contributed by atoms with Gasteiger partial charge in [-0.25, -0.2) is 5.90 Å². The van der Waals surface area contributed by atoms with Crippen LogP contribution < -0.4 is 5.90 Å². The Morgan fingerprint density at radius 2 is 2.25 bits per heavy atom. The van der Waals surface area contributed by atoms with Crippen molar-refractivity contribution in [3.05, 3.63) is 12.2 Å². The van der Waals surface area contributed by atoms with E-state index in [1.54, 1.807) is 0 Å². The fraction of sp³-hybridized carbons (Fsp3) is 0.667. The van der Waals surface area contributed by atoms with Crippen molar-refractivity contribution < 1.29 is 4.84 Å². The Morgan fingerprint density at radius 3 is 2.75 bits per heavy atom. The van der Waals surface area contributed by atoms with Crippen LogP contribution in [0.3, 0.4) is 0 Å². The third-order valence-electron chi connectivity index (χ3n) is 0.805. The lowest BCUT2D eigenvalue weighted by molar-refractivity contribution is 0.143. The summed E-state index contributed by atoms with van der Waals surface area (Å²) >= 11 is 0. The van der Waals surface area contributed by atoms with Gasteiger partial charge in [-0.1, -0.05) is 19.1 Å². The number of hydrogen-bond acceptors (Lipinski definition) is 2. The van der Waals surface area contributed by atoms with Gasteiger partial charge in [-0.05, 0) is 12.8 Å². The van der Waals surface area contributed by atoms with Gasteiger partial charge in [0.15, 0.2) is 0 Å². The molecule has 0 aliphatic heterocycles. The molecule has 0 unspecified atom stereocenters. The maximum absolute atomic E-state index is 4.78. The number of allylic oxidation sites excluding steroid dienone is 1. The molecule has 0 aromatic rings. The number of rotatable bonds is 4. The first-order chi connectivity index (χ1) is 3.91. The van der Waals surface area contributed by atoms with E-state index in [4.69, 9.17) is 5.90 Å². The smallest absolute Gasteiger partial charge is 0.0713 e. The summed E-state index contributed by atoms with van der Waals surface area (Å²) in [6, 6.07) is 0. The van der Waals surface area contributed by atoms with Crippen LogP contribution in [0.1, 0.15) is 19.8 Å². The van der Waals surface area contributed by atoms with Crippen LogP contribution in [0.2, 0.25) is 0 Å². The summed E-state index contributed by atoms with van der Waals surface area (Å²) in [5.74, 6) is 4.78. The van der Waals surface area contributed by atoms with E-state index in [1.807, 2.05) is 0 Å². The largest absolute Gasteiger partial charge is 0.304 e. The fourth-order valence-corrected chi connectivity index (χ4v) is 0.421. The molecule has 0 amide bonds. The van der Waals surface area contributed by atoms with Crippen LogP contribution in [-0.2, 0) is 4.84 Å². The van der Waals surface area contributed by atoms with Gasteiger partial charge in [-0.15, -0.1) is 0 Å². The standard InChI is InChI=1S/C6H13NO/c1-2-3-4-5-6-8-7/h3-4H,2,5-7H2,1H3/b4-3+. The monoisotopic (exact) mass is 115 g/mol. The minimum absolute atomic E-state index is 0.622. The van der Waals surface area contributed by atoms with Crippen molar-refractivity contribution >= 4 is 0 Å². The van der Waals surface area contributed by atoms with E-state index >= 15 is 0 Å². The zero-order chi connectivity index (χ0) is 6.24. The maximum Gasteiger partial charge on any atom is 0.0713 e. The summed E-state index contributed by atoms with van der Waals surface area (Å²) in [6.45, 7) is 2.72. The Morgan fingerprint density at radius 1 is 1.50 bits per heavy atom. The van der Waals surface area contributed by atoms with Crippen LogP contribution in [0.15, 0.2) is 12.2 Å². The lowest BCUT2D eigenvalue weighted by Crippen LogP contribution is -1.98. The highest BCUT2D eigenvalue weighted by molar-refractivity contribution is 4.79. The molecule has 48 valence electrons. The van der Waals surface area contributed by atoms with Crippen LogP contribution in [0.4, 0.5) is 0 Å². The van der Waals surface area contributed by atoms with E-state index in [-0.39, 0.29) is 0 Å². The SMILES string of the molecule is CC/C=C/CCON. The molecule has 0 aromatic carbocycles. The van der Waals surface area contributed by atoms with Gasteiger partial charge in [0.25, 0.3) is 0 Å². The predicted octanol–water partition coefficient (Wildman–Crippen LogP) is 1.23. The van der Waals surface area contributed by atoms with Gasteiger partial charge in [0.05, 0.1) is 6.61 Å². The molecular weight excluding hydrogens is 102 g/mol. The third kappa shape index (κ3) is 5.66. The highest BCUT2D eigenvalue weighted by atomic mass is 16.6.